The lowest BCUT2D eigenvalue weighted by Gasteiger charge is -1.96. The van der Waals surface area contributed by atoms with Gasteiger partial charge in [0.05, 0.1) is 12.3 Å². The first kappa shape index (κ1) is 12.8. The van der Waals surface area contributed by atoms with Crippen molar-refractivity contribution in [3.8, 4) is 0 Å². The van der Waals surface area contributed by atoms with Crippen LogP contribution in [0.25, 0.3) is 0 Å². The van der Waals surface area contributed by atoms with Crippen LogP contribution in [0, 0.1) is 0 Å². The highest BCUT2D eigenvalue weighted by molar-refractivity contribution is 8.13. The fraction of sp³-hybridized carbons (Fsp3) is 0.375. The van der Waals surface area contributed by atoms with Crippen LogP contribution in [-0.2, 0) is 10.5 Å². The number of thiazole rings is 1. The Kier molecular flexibility index (Phi) is 5.06. The standard InChI is InChI=1S/C8H12N4O2S2/c1-2-14-7(13)6-11-5(3-15-6)4-16-8(9)12-10/h3H,2,4,10H2,1H3,(H2,9,12). The molecule has 0 unspecified atom stereocenters. The number of carbonyl (C=O) groups excluding carboxylic acids is 1. The summed E-state index contributed by atoms with van der Waals surface area (Å²) in [6, 6.07) is 0. The van der Waals surface area contributed by atoms with Gasteiger partial charge in [-0.25, -0.2) is 9.78 Å². The minimum atomic E-state index is -0.399. The Morgan fingerprint density at radius 2 is 2.50 bits per heavy atom. The minimum Gasteiger partial charge on any atom is -0.461 e. The normalized spacial score (nSPS) is 11.4. The fourth-order valence-electron chi connectivity index (χ4n) is 0.845. The molecule has 0 aliphatic rings. The van der Waals surface area contributed by atoms with Gasteiger partial charge in [-0.1, -0.05) is 11.8 Å². The molecule has 0 atom stereocenters. The molecule has 0 saturated carbocycles. The predicted octanol–water partition coefficient (Wildman–Crippen LogP) is 0.741. The van der Waals surface area contributed by atoms with Gasteiger partial charge in [-0.05, 0) is 6.92 Å². The van der Waals surface area contributed by atoms with Gasteiger partial charge in [-0.15, -0.1) is 11.3 Å². The van der Waals surface area contributed by atoms with Crippen molar-refractivity contribution in [3.05, 3.63) is 16.1 Å². The molecule has 1 rings (SSSR count). The Morgan fingerprint density at radius 1 is 1.75 bits per heavy atom. The third-order valence-electron chi connectivity index (χ3n) is 1.50. The molecular weight excluding hydrogens is 248 g/mol. The largest absolute Gasteiger partial charge is 0.461 e. The number of rotatable bonds is 4. The Morgan fingerprint density at radius 3 is 3.12 bits per heavy atom. The average molecular weight is 260 g/mol. The average Bonchev–Trinajstić information content (AvgIpc) is 2.75. The number of nitrogens with zero attached hydrogens (tertiary/aromatic N) is 2. The number of aromatic nitrogens is 1. The molecular formula is C8H12N4O2S2. The van der Waals surface area contributed by atoms with Crippen LogP contribution < -0.4 is 11.6 Å². The lowest BCUT2D eigenvalue weighted by Crippen LogP contribution is -2.09. The highest BCUT2D eigenvalue weighted by atomic mass is 32.2. The SMILES string of the molecule is CCOC(=O)c1nc(CSC(N)=NN)cs1. The molecule has 0 bridgehead atoms. The van der Waals surface area contributed by atoms with E-state index in [1.807, 2.05) is 0 Å². The number of hydrazone groups is 1. The molecule has 0 aliphatic carbocycles. The summed E-state index contributed by atoms with van der Waals surface area (Å²) in [7, 11) is 0. The summed E-state index contributed by atoms with van der Waals surface area (Å²) in [6.45, 7) is 2.09. The summed E-state index contributed by atoms with van der Waals surface area (Å²) in [5.74, 6) is 5.11. The van der Waals surface area contributed by atoms with Gasteiger partial charge in [-0.2, -0.15) is 5.10 Å². The van der Waals surface area contributed by atoms with E-state index in [9.17, 15) is 4.79 Å². The van der Waals surface area contributed by atoms with Gasteiger partial charge >= 0.3 is 5.97 Å². The molecule has 0 aromatic carbocycles. The second-order valence-electron chi connectivity index (χ2n) is 2.62. The number of hydrogen-bond donors (Lipinski definition) is 2. The van der Waals surface area contributed by atoms with E-state index >= 15 is 0 Å². The maximum absolute atomic E-state index is 11.3. The summed E-state index contributed by atoms with van der Waals surface area (Å²) in [6.07, 6.45) is 0. The quantitative estimate of drug-likeness (QED) is 0.272. The van der Waals surface area contributed by atoms with Crippen LogP contribution in [0.15, 0.2) is 10.5 Å². The zero-order valence-electron chi connectivity index (χ0n) is 8.67. The van der Waals surface area contributed by atoms with Crippen molar-refractivity contribution in [1.82, 2.24) is 4.98 Å². The number of hydrogen-bond acceptors (Lipinski definition) is 7. The molecule has 0 spiro atoms. The molecule has 0 amide bonds. The maximum Gasteiger partial charge on any atom is 0.367 e. The van der Waals surface area contributed by atoms with Gasteiger partial charge in [0, 0.05) is 11.1 Å². The Hall–Kier alpha value is -1.28. The molecule has 88 valence electrons. The van der Waals surface area contributed by atoms with Crippen LogP contribution in [0.2, 0.25) is 0 Å². The molecule has 0 radical (unpaired) electrons. The lowest BCUT2D eigenvalue weighted by molar-refractivity contribution is 0.0525. The van der Waals surface area contributed by atoms with Crippen molar-refractivity contribution in [2.75, 3.05) is 6.61 Å². The third kappa shape index (κ3) is 3.70. The highest BCUT2D eigenvalue weighted by Gasteiger charge is 2.11. The second-order valence-corrected chi connectivity index (χ2v) is 4.47. The van der Waals surface area contributed by atoms with Crippen LogP contribution in [0.5, 0.6) is 0 Å². The molecule has 1 heterocycles. The van der Waals surface area contributed by atoms with Crippen LogP contribution in [0.3, 0.4) is 0 Å². The zero-order valence-corrected chi connectivity index (χ0v) is 10.3. The van der Waals surface area contributed by atoms with Gasteiger partial charge in [0.1, 0.15) is 0 Å². The van der Waals surface area contributed by atoms with E-state index in [0.29, 0.717) is 17.4 Å². The molecule has 1 aromatic heterocycles. The van der Waals surface area contributed by atoms with Gasteiger partial charge in [0.25, 0.3) is 0 Å². The highest BCUT2D eigenvalue weighted by Crippen LogP contribution is 2.16. The summed E-state index contributed by atoms with van der Waals surface area (Å²) in [4.78, 5) is 15.4. The van der Waals surface area contributed by atoms with Crippen molar-refractivity contribution in [1.29, 1.82) is 0 Å². The van der Waals surface area contributed by atoms with Gasteiger partial charge in [-0.3, -0.25) is 0 Å². The van der Waals surface area contributed by atoms with E-state index in [1.165, 1.54) is 23.1 Å². The zero-order chi connectivity index (χ0) is 12.0. The van der Waals surface area contributed by atoms with Gasteiger partial charge in [0.2, 0.25) is 5.01 Å². The third-order valence-corrected chi connectivity index (χ3v) is 3.21. The minimum absolute atomic E-state index is 0.283. The molecule has 6 nitrogen and oxygen atoms in total. The smallest absolute Gasteiger partial charge is 0.367 e. The van der Waals surface area contributed by atoms with E-state index in [4.69, 9.17) is 16.3 Å². The molecule has 0 saturated heterocycles. The molecule has 0 aliphatic heterocycles. The summed E-state index contributed by atoms with van der Waals surface area (Å²) in [5.41, 5.74) is 6.16. The van der Waals surface area contributed by atoms with Crippen LogP contribution in [0.4, 0.5) is 0 Å². The monoisotopic (exact) mass is 260 g/mol. The molecule has 8 heteroatoms. The summed E-state index contributed by atoms with van der Waals surface area (Å²) < 4.78 is 4.82. The first-order chi connectivity index (χ1) is 7.67. The summed E-state index contributed by atoms with van der Waals surface area (Å²) >= 11 is 2.51. The Labute approximate surface area is 101 Å². The van der Waals surface area contributed by atoms with Crippen molar-refractivity contribution >= 4 is 34.2 Å². The van der Waals surface area contributed by atoms with Crippen molar-refractivity contribution in [3.63, 3.8) is 0 Å². The molecule has 16 heavy (non-hydrogen) atoms. The van der Waals surface area contributed by atoms with Crippen molar-refractivity contribution < 1.29 is 9.53 Å². The predicted molar refractivity (Wildman–Crippen MR) is 65.2 cm³/mol. The second kappa shape index (κ2) is 6.33. The van der Waals surface area contributed by atoms with Crippen molar-refractivity contribution in [2.45, 2.75) is 12.7 Å². The van der Waals surface area contributed by atoms with Crippen molar-refractivity contribution in [2.24, 2.45) is 16.7 Å². The van der Waals surface area contributed by atoms with Crippen LogP contribution in [0.1, 0.15) is 22.4 Å². The lowest BCUT2D eigenvalue weighted by atomic mass is 10.6. The van der Waals surface area contributed by atoms with Gasteiger partial charge < -0.3 is 16.3 Å². The van der Waals surface area contributed by atoms with E-state index < -0.39 is 5.97 Å². The van der Waals surface area contributed by atoms with E-state index in [1.54, 1.807) is 12.3 Å². The summed E-state index contributed by atoms with van der Waals surface area (Å²) in [5, 5.41) is 5.73. The van der Waals surface area contributed by atoms with E-state index in [0.717, 1.165) is 5.69 Å². The topological polar surface area (TPSA) is 104 Å². The Bertz CT molecular complexity index is 391. The van der Waals surface area contributed by atoms with E-state index in [-0.39, 0.29) is 5.17 Å². The molecule has 4 N–H and O–H groups in total. The number of amidine groups is 1. The number of thioether (sulfide) groups is 1. The van der Waals surface area contributed by atoms with Crippen LogP contribution in [-0.4, -0.2) is 22.7 Å². The number of carbonyl (C=O) groups is 1. The first-order valence-electron chi connectivity index (χ1n) is 4.45. The molecule has 1 aromatic rings. The molecule has 0 fully saturated rings. The number of ether oxygens (including phenoxy) is 1. The first-order valence-corrected chi connectivity index (χ1v) is 6.31. The maximum atomic E-state index is 11.3. The number of esters is 1. The van der Waals surface area contributed by atoms with Gasteiger partial charge in [0.15, 0.2) is 5.17 Å². The number of nitrogens with two attached hydrogens (primary N) is 2. The van der Waals surface area contributed by atoms with E-state index in [2.05, 4.69) is 10.1 Å². The van der Waals surface area contributed by atoms with Crippen LogP contribution >= 0.6 is 23.1 Å². The Balaban J connectivity index is 2.54. The fourth-order valence-corrected chi connectivity index (χ4v) is 2.18.